The summed E-state index contributed by atoms with van der Waals surface area (Å²) in [5.74, 6) is -0.728. The van der Waals surface area contributed by atoms with E-state index < -0.39 is 11.9 Å². The fourth-order valence-corrected chi connectivity index (χ4v) is 3.17. The second kappa shape index (κ2) is 9.27. The molecule has 0 saturated heterocycles. The summed E-state index contributed by atoms with van der Waals surface area (Å²) in [5.41, 5.74) is 1.04. The number of carbonyl (C=O) groups is 3. The van der Waals surface area contributed by atoms with Gasteiger partial charge in [0.15, 0.2) is 11.6 Å². The first-order valence-electron chi connectivity index (χ1n) is 10.1. The van der Waals surface area contributed by atoms with Crippen molar-refractivity contribution in [3.05, 3.63) is 72.1 Å². The Balaban J connectivity index is 1.74. The van der Waals surface area contributed by atoms with Crippen molar-refractivity contribution in [2.75, 3.05) is 17.2 Å². The van der Waals surface area contributed by atoms with Gasteiger partial charge in [0.05, 0.1) is 18.3 Å². The number of nitrogens with zero attached hydrogens (tertiary/aromatic N) is 4. The lowest BCUT2D eigenvalue weighted by Crippen LogP contribution is -2.19. The number of pyridine rings is 2. The summed E-state index contributed by atoms with van der Waals surface area (Å²) in [6, 6.07) is 14.1. The molecule has 4 rings (SSSR count). The van der Waals surface area contributed by atoms with Crippen molar-refractivity contribution >= 4 is 40.3 Å². The van der Waals surface area contributed by atoms with Crippen LogP contribution in [-0.2, 0) is 9.53 Å². The van der Waals surface area contributed by atoms with E-state index in [0.29, 0.717) is 5.82 Å². The molecule has 0 spiro atoms. The molecule has 3 aromatic heterocycles. The van der Waals surface area contributed by atoms with Crippen LogP contribution in [0, 0.1) is 0 Å². The Morgan fingerprint density at radius 3 is 2.67 bits per heavy atom. The molecule has 33 heavy (non-hydrogen) atoms. The predicted molar refractivity (Wildman–Crippen MR) is 121 cm³/mol. The van der Waals surface area contributed by atoms with Crippen LogP contribution in [0.2, 0.25) is 0 Å². The summed E-state index contributed by atoms with van der Waals surface area (Å²) in [6.07, 6.45) is 2.72. The maximum Gasteiger partial charge on any atom is 0.343 e. The number of rotatable bonds is 6. The lowest BCUT2D eigenvalue weighted by molar-refractivity contribution is -0.114. The molecular weight excluding hydrogens is 424 g/mol. The van der Waals surface area contributed by atoms with Crippen LogP contribution in [0.25, 0.3) is 16.7 Å². The van der Waals surface area contributed by atoms with Gasteiger partial charge >= 0.3 is 5.97 Å². The first-order valence-corrected chi connectivity index (χ1v) is 10.1. The van der Waals surface area contributed by atoms with Crippen molar-refractivity contribution in [3.8, 4) is 5.82 Å². The van der Waals surface area contributed by atoms with Gasteiger partial charge in [0, 0.05) is 24.1 Å². The van der Waals surface area contributed by atoms with Crippen LogP contribution < -0.4 is 10.6 Å². The molecule has 2 amide bonds. The molecule has 0 radical (unpaired) electrons. The van der Waals surface area contributed by atoms with Crippen molar-refractivity contribution < 1.29 is 19.1 Å². The molecule has 2 N–H and O–H groups in total. The SMILES string of the molecule is CCOC(=O)c1cnn(-c2ccc3ccccc3n2)c1NC(=O)c1ccnc(NC(C)=O)c1. The van der Waals surface area contributed by atoms with Crippen LogP contribution in [-0.4, -0.2) is 44.1 Å². The van der Waals surface area contributed by atoms with E-state index in [2.05, 4.69) is 25.7 Å². The van der Waals surface area contributed by atoms with E-state index in [4.69, 9.17) is 4.74 Å². The lowest BCUT2D eigenvalue weighted by Gasteiger charge is -2.11. The zero-order chi connectivity index (χ0) is 23.4. The zero-order valence-electron chi connectivity index (χ0n) is 17.9. The van der Waals surface area contributed by atoms with Gasteiger partial charge in [-0.05, 0) is 37.3 Å². The summed E-state index contributed by atoms with van der Waals surface area (Å²) in [6.45, 7) is 3.19. The molecule has 0 fully saturated rings. The number of anilines is 2. The van der Waals surface area contributed by atoms with Crippen LogP contribution in [0.4, 0.5) is 11.6 Å². The third-order valence-corrected chi connectivity index (χ3v) is 4.62. The Morgan fingerprint density at radius 2 is 1.88 bits per heavy atom. The molecule has 166 valence electrons. The number of hydrogen-bond acceptors (Lipinski definition) is 7. The molecule has 10 nitrogen and oxygen atoms in total. The van der Waals surface area contributed by atoms with Gasteiger partial charge < -0.3 is 15.4 Å². The molecule has 0 unspecified atom stereocenters. The number of nitrogens with one attached hydrogen (secondary N) is 2. The Labute approximate surface area is 188 Å². The molecule has 0 aliphatic rings. The Bertz CT molecular complexity index is 1360. The number of fused-ring (bicyclic) bond motifs is 1. The molecule has 0 bridgehead atoms. The van der Waals surface area contributed by atoms with Crippen molar-refractivity contribution in [1.82, 2.24) is 19.7 Å². The molecular formula is C23H20N6O4. The molecule has 0 aliphatic carbocycles. The number of aromatic nitrogens is 4. The van der Waals surface area contributed by atoms with Crippen molar-refractivity contribution in [1.29, 1.82) is 0 Å². The normalized spacial score (nSPS) is 10.6. The van der Waals surface area contributed by atoms with E-state index in [1.54, 1.807) is 13.0 Å². The summed E-state index contributed by atoms with van der Waals surface area (Å²) in [7, 11) is 0. The van der Waals surface area contributed by atoms with Crippen molar-refractivity contribution in [3.63, 3.8) is 0 Å². The van der Waals surface area contributed by atoms with E-state index in [9.17, 15) is 14.4 Å². The predicted octanol–water partition coefficient (Wildman–Crippen LogP) is 3.20. The minimum atomic E-state index is -0.631. The average Bonchev–Trinajstić information content (AvgIpc) is 3.22. The fraction of sp³-hybridized carbons (Fsp3) is 0.130. The Kier molecular flexibility index (Phi) is 6.07. The molecule has 1 aromatic carbocycles. The average molecular weight is 444 g/mol. The summed E-state index contributed by atoms with van der Waals surface area (Å²) >= 11 is 0. The first-order chi connectivity index (χ1) is 16.0. The van der Waals surface area contributed by atoms with Gasteiger partial charge in [0.2, 0.25) is 5.91 Å². The Morgan fingerprint density at radius 1 is 1.06 bits per heavy atom. The van der Waals surface area contributed by atoms with Gasteiger partial charge in [0.25, 0.3) is 5.91 Å². The highest BCUT2D eigenvalue weighted by Gasteiger charge is 2.23. The van der Waals surface area contributed by atoms with Gasteiger partial charge in [-0.25, -0.2) is 14.8 Å². The maximum atomic E-state index is 13.0. The molecule has 0 aliphatic heterocycles. The van der Waals surface area contributed by atoms with Crippen LogP contribution >= 0.6 is 0 Å². The third-order valence-electron chi connectivity index (χ3n) is 4.62. The minimum absolute atomic E-state index is 0.0799. The van der Waals surface area contributed by atoms with E-state index in [0.717, 1.165) is 10.9 Å². The van der Waals surface area contributed by atoms with Gasteiger partial charge in [-0.2, -0.15) is 9.78 Å². The van der Waals surface area contributed by atoms with E-state index >= 15 is 0 Å². The Hall–Kier alpha value is -4.60. The molecule has 4 aromatic rings. The number of benzene rings is 1. The highest BCUT2D eigenvalue weighted by molar-refractivity contribution is 6.08. The second-order valence-corrected chi connectivity index (χ2v) is 6.97. The number of carbonyl (C=O) groups excluding carboxylic acids is 3. The van der Waals surface area contributed by atoms with Crippen LogP contribution in [0.3, 0.4) is 0 Å². The van der Waals surface area contributed by atoms with Crippen molar-refractivity contribution in [2.24, 2.45) is 0 Å². The number of amides is 2. The van der Waals surface area contributed by atoms with E-state index in [1.807, 2.05) is 30.3 Å². The number of ether oxygens (including phenoxy) is 1. The molecule has 10 heteroatoms. The van der Waals surface area contributed by atoms with E-state index in [1.165, 1.54) is 36.1 Å². The van der Waals surface area contributed by atoms with Gasteiger partial charge in [-0.3, -0.25) is 9.59 Å². The van der Waals surface area contributed by atoms with Crippen LogP contribution in [0.1, 0.15) is 34.6 Å². The zero-order valence-corrected chi connectivity index (χ0v) is 17.9. The quantitative estimate of drug-likeness (QED) is 0.437. The lowest BCUT2D eigenvalue weighted by atomic mass is 10.2. The summed E-state index contributed by atoms with van der Waals surface area (Å²) in [4.78, 5) is 45.4. The topological polar surface area (TPSA) is 128 Å². The minimum Gasteiger partial charge on any atom is -0.462 e. The molecule has 0 atom stereocenters. The first kappa shape index (κ1) is 21.6. The van der Waals surface area contributed by atoms with Crippen molar-refractivity contribution in [2.45, 2.75) is 13.8 Å². The number of esters is 1. The summed E-state index contributed by atoms with van der Waals surface area (Å²) < 4.78 is 6.48. The maximum absolute atomic E-state index is 13.0. The molecule has 0 saturated carbocycles. The van der Waals surface area contributed by atoms with Gasteiger partial charge in [-0.1, -0.05) is 18.2 Å². The monoisotopic (exact) mass is 444 g/mol. The smallest absolute Gasteiger partial charge is 0.343 e. The van der Waals surface area contributed by atoms with Gasteiger partial charge in [-0.15, -0.1) is 0 Å². The number of para-hydroxylation sites is 1. The standard InChI is InChI=1S/C23H20N6O4/c1-3-33-23(32)17-13-25-29(20-9-8-15-6-4-5-7-18(15)27-20)21(17)28-22(31)16-10-11-24-19(12-16)26-14(2)30/h4-13H,3H2,1-2H3,(H,28,31)(H,24,26,30). The second-order valence-electron chi connectivity index (χ2n) is 6.97. The largest absolute Gasteiger partial charge is 0.462 e. The van der Waals surface area contributed by atoms with Crippen LogP contribution in [0.5, 0.6) is 0 Å². The fourth-order valence-electron chi connectivity index (χ4n) is 3.17. The highest BCUT2D eigenvalue weighted by atomic mass is 16.5. The van der Waals surface area contributed by atoms with E-state index in [-0.39, 0.29) is 35.3 Å². The van der Waals surface area contributed by atoms with Gasteiger partial charge in [0.1, 0.15) is 11.4 Å². The summed E-state index contributed by atoms with van der Waals surface area (Å²) in [5, 5.41) is 10.5. The number of hydrogen-bond donors (Lipinski definition) is 2. The molecule has 3 heterocycles. The van der Waals surface area contributed by atoms with Crippen LogP contribution in [0.15, 0.2) is 60.9 Å². The third kappa shape index (κ3) is 4.69. The highest BCUT2D eigenvalue weighted by Crippen LogP contribution is 2.23.